The van der Waals surface area contributed by atoms with Crippen LogP contribution >= 0.6 is 22.7 Å². The molecule has 0 radical (unpaired) electrons. The van der Waals surface area contributed by atoms with Crippen molar-refractivity contribution < 1.29 is 13.2 Å². The molecule has 3 heterocycles. The first-order valence-electron chi connectivity index (χ1n) is 6.95. The third kappa shape index (κ3) is 3.10. The molecule has 0 bridgehead atoms. The maximum Gasteiger partial charge on any atom is 0.263 e. The van der Waals surface area contributed by atoms with Crippen LogP contribution in [0, 0.1) is 0 Å². The van der Waals surface area contributed by atoms with Crippen LogP contribution in [-0.4, -0.2) is 49.7 Å². The number of hydrogen-bond donors (Lipinski definition) is 0. The van der Waals surface area contributed by atoms with Gasteiger partial charge in [0.05, 0.1) is 4.88 Å². The molecule has 8 heteroatoms. The lowest BCUT2D eigenvalue weighted by Gasteiger charge is -2.21. The van der Waals surface area contributed by atoms with Crippen LogP contribution in [0.1, 0.15) is 16.1 Å². The van der Waals surface area contributed by atoms with Crippen molar-refractivity contribution in [1.82, 2.24) is 9.21 Å². The van der Waals surface area contributed by atoms with Crippen molar-refractivity contribution in [3.05, 3.63) is 39.9 Å². The van der Waals surface area contributed by atoms with Gasteiger partial charge in [-0.3, -0.25) is 4.79 Å². The smallest absolute Gasteiger partial charge is 0.263 e. The molecule has 2 aromatic heterocycles. The molecule has 1 aliphatic heterocycles. The second-order valence-electron chi connectivity index (χ2n) is 4.96. The molecule has 0 saturated carbocycles. The van der Waals surface area contributed by atoms with E-state index in [1.54, 1.807) is 28.5 Å². The highest BCUT2D eigenvalue weighted by Gasteiger charge is 2.29. The SMILES string of the molecule is O=C(c1cccs1)N1CCCN(S(=O)(=O)c2cccs2)CC1. The molecular formula is C14H16N2O3S3. The summed E-state index contributed by atoms with van der Waals surface area (Å²) in [4.78, 5) is 14.8. The largest absolute Gasteiger partial charge is 0.337 e. The minimum Gasteiger partial charge on any atom is -0.337 e. The Morgan fingerprint density at radius 1 is 1.00 bits per heavy atom. The molecule has 1 saturated heterocycles. The van der Waals surface area contributed by atoms with E-state index in [1.807, 2.05) is 11.4 Å². The molecule has 3 rings (SSSR count). The lowest BCUT2D eigenvalue weighted by atomic mass is 10.3. The number of carbonyl (C=O) groups excluding carboxylic acids is 1. The first-order chi connectivity index (χ1) is 10.6. The number of amides is 1. The summed E-state index contributed by atoms with van der Waals surface area (Å²) in [6.45, 7) is 1.82. The van der Waals surface area contributed by atoms with E-state index in [1.165, 1.54) is 27.0 Å². The van der Waals surface area contributed by atoms with Crippen molar-refractivity contribution in [2.45, 2.75) is 10.6 Å². The van der Waals surface area contributed by atoms with E-state index in [9.17, 15) is 13.2 Å². The lowest BCUT2D eigenvalue weighted by Crippen LogP contribution is -2.36. The standard InChI is InChI=1S/C14H16N2O3S3/c17-14(12-4-1-10-20-12)15-6-3-7-16(9-8-15)22(18,19)13-5-2-11-21-13/h1-2,4-5,10-11H,3,6-9H2. The third-order valence-electron chi connectivity index (χ3n) is 3.56. The number of nitrogens with zero attached hydrogens (tertiary/aromatic N) is 2. The lowest BCUT2D eigenvalue weighted by molar-refractivity contribution is 0.0769. The molecule has 0 N–H and O–H groups in total. The molecule has 2 aromatic rings. The van der Waals surface area contributed by atoms with Gasteiger partial charge in [0, 0.05) is 26.2 Å². The second-order valence-corrected chi connectivity index (χ2v) is 9.02. The Balaban J connectivity index is 1.72. The molecule has 0 atom stereocenters. The summed E-state index contributed by atoms with van der Waals surface area (Å²) in [5.74, 6) is -0.00892. The van der Waals surface area contributed by atoms with Crippen LogP contribution in [0.5, 0.6) is 0 Å². The molecule has 1 fully saturated rings. The molecular weight excluding hydrogens is 340 g/mol. The minimum atomic E-state index is -3.43. The zero-order valence-corrected chi connectivity index (χ0v) is 14.3. The molecule has 5 nitrogen and oxygen atoms in total. The highest BCUT2D eigenvalue weighted by molar-refractivity contribution is 7.91. The van der Waals surface area contributed by atoms with Crippen molar-refractivity contribution in [3.8, 4) is 0 Å². The van der Waals surface area contributed by atoms with E-state index >= 15 is 0 Å². The number of hydrogen-bond acceptors (Lipinski definition) is 5. The van der Waals surface area contributed by atoms with Crippen molar-refractivity contribution in [1.29, 1.82) is 0 Å². The predicted octanol–water partition coefficient (Wildman–Crippen LogP) is 2.35. The Bertz CT molecular complexity index is 723. The van der Waals surface area contributed by atoms with Gasteiger partial charge in [-0.05, 0) is 29.3 Å². The Labute approximate surface area is 137 Å². The number of sulfonamides is 1. The van der Waals surface area contributed by atoms with Crippen molar-refractivity contribution in [2.75, 3.05) is 26.2 Å². The second kappa shape index (κ2) is 6.49. The van der Waals surface area contributed by atoms with Gasteiger partial charge in [0.15, 0.2) is 0 Å². The maximum atomic E-state index is 12.5. The number of carbonyl (C=O) groups is 1. The van der Waals surface area contributed by atoms with Crippen LogP contribution in [0.2, 0.25) is 0 Å². The average Bonchev–Trinajstić information content (AvgIpc) is 3.16. The van der Waals surface area contributed by atoms with E-state index in [-0.39, 0.29) is 5.91 Å². The summed E-state index contributed by atoms with van der Waals surface area (Å²) < 4.78 is 26.9. The van der Waals surface area contributed by atoms with Crippen LogP contribution in [-0.2, 0) is 10.0 Å². The van der Waals surface area contributed by atoms with Gasteiger partial charge in [-0.25, -0.2) is 8.42 Å². The summed E-state index contributed by atoms with van der Waals surface area (Å²) >= 11 is 2.64. The quantitative estimate of drug-likeness (QED) is 0.848. The maximum absolute atomic E-state index is 12.5. The summed E-state index contributed by atoms with van der Waals surface area (Å²) in [5.41, 5.74) is 0. The van der Waals surface area contributed by atoms with Gasteiger partial charge in [0.25, 0.3) is 15.9 Å². The van der Waals surface area contributed by atoms with Crippen molar-refractivity contribution in [3.63, 3.8) is 0 Å². The van der Waals surface area contributed by atoms with E-state index in [2.05, 4.69) is 0 Å². The topological polar surface area (TPSA) is 57.7 Å². The van der Waals surface area contributed by atoms with Crippen LogP contribution < -0.4 is 0 Å². The molecule has 1 amide bonds. The molecule has 1 aliphatic rings. The molecule has 0 aliphatic carbocycles. The van der Waals surface area contributed by atoms with Gasteiger partial charge in [0.1, 0.15) is 4.21 Å². The Hall–Kier alpha value is -1.22. The Kier molecular flexibility index (Phi) is 4.62. The fourth-order valence-corrected chi connectivity index (χ4v) is 5.74. The van der Waals surface area contributed by atoms with Crippen molar-refractivity contribution >= 4 is 38.6 Å². The molecule has 0 unspecified atom stereocenters. The summed E-state index contributed by atoms with van der Waals surface area (Å²) in [6.07, 6.45) is 0.654. The van der Waals surface area contributed by atoms with Gasteiger partial charge in [0.2, 0.25) is 0 Å². The first kappa shape index (κ1) is 15.7. The number of rotatable bonds is 3. The zero-order valence-electron chi connectivity index (χ0n) is 11.8. The van der Waals surface area contributed by atoms with Gasteiger partial charge < -0.3 is 4.90 Å². The highest BCUT2D eigenvalue weighted by Crippen LogP contribution is 2.22. The minimum absolute atomic E-state index is 0.00892. The van der Waals surface area contributed by atoms with Crippen LogP contribution in [0.15, 0.2) is 39.2 Å². The summed E-state index contributed by atoms with van der Waals surface area (Å²) in [7, 11) is -3.43. The van der Waals surface area contributed by atoms with E-state index < -0.39 is 10.0 Å². The summed E-state index contributed by atoms with van der Waals surface area (Å²) in [5, 5.41) is 3.63. The molecule has 118 valence electrons. The Morgan fingerprint density at radius 2 is 1.77 bits per heavy atom. The normalized spacial score (nSPS) is 17.4. The fraction of sp³-hybridized carbons (Fsp3) is 0.357. The highest BCUT2D eigenvalue weighted by atomic mass is 32.2. The van der Waals surface area contributed by atoms with Crippen molar-refractivity contribution in [2.24, 2.45) is 0 Å². The summed E-state index contributed by atoms with van der Waals surface area (Å²) in [6, 6.07) is 7.02. The molecule has 0 aromatic carbocycles. The van der Waals surface area contributed by atoms with Crippen LogP contribution in [0.4, 0.5) is 0 Å². The van der Waals surface area contributed by atoms with Gasteiger partial charge in [-0.1, -0.05) is 12.1 Å². The fourth-order valence-electron chi connectivity index (χ4n) is 2.43. The zero-order chi connectivity index (χ0) is 15.6. The van der Waals surface area contributed by atoms with Crippen LogP contribution in [0.25, 0.3) is 0 Å². The monoisotopic (exact) mass is 356 g/mol. The first-order valence-corrected chi connectivity index (χ1v) is 10.2. The Morgan fingerprint density at radius 3 is 2.45 bits per heavy atom. The van der Waals surface area contributed by atoms with Gasteiger partial charge in [-0.15, -0.1) is 22.7 Å². The predicted molar refractivity (Wildman–Crippen MR) is 87.9 cm³/mol. The average molecular weight is 356 g/mol. The van der Waals surface area contributed by atoms with E-state index in [0.717, 1.165) is 0 Å². The van der Waals surface area contributed by atoms with E-state index in [0.29, 0.717) is 41.7 Å². The van der Waals surface area contributed by atoms with E-state index in [4.69, 9.17) is 0 Å². The van der Waals surface area contributed by atoms with Gasteiger partial charge in [-0.2, -0.15) is 4.31 Å². The van der Waals surface area contributed by atoms with Gasteiger partial charge >= 0.3 is 0 Å². The number of thiophene rings is 2. The molecule has 0 spiro atoms. The van der Waals surface area contributed by atoms with Crippen LogP contribution in [0.3, 0.4) is 0 Å². The third-order valence-corrected chi connectivity index (χ3v) is 7.69. The molecule has 22 heavy (non-hydrogen) atoms.